The van der Waals surface area contributed by atoms with Crippen LogP contribution in [0.15, 0.2) is 36.5 Å². The molecule has 0 spiro atoms. The van der Waals surface area contributed by atoms with Crippen molar-refractivity contribution in [2.24, 2.45) is 0 Å². The van der Waals surface area contributed by atoms with Crippen LogP contribution >= 0.6 is 0 Å². The van der Waals surface area contributed by atoms with Gasteiger partial charge in [-0.1, -0.05) is 45.0 Å². The van der Waals surface area contributed by atoms with Crippen molar-refractivity contribution >= 4 is 0 Å². The number of ether oxygens (including phenoxy) is 2. The Bertz CT molecular complexity index is 592. The topological polar surface area (TPSA) is 31.4 Å². The van der Waals surface area contributed by atoms with Crippen LogP contribution in [0, 0.1) is 13.8 Å². The average molecular weight is 299 g/mol. The molecule has 3 heteroatoms. The van der Waals surface area contributed by atoms with E-state index in [0.717, 1.165) is 16.9 Å². The summed E-state index contributed by atoms with van der Waals surface area (Å²) in [4.78, 5) is 4.35. The van der Waals surface area contributed by atoms with Crippen LogP contribution in [0.3, 0.4) is 0 Å². The van der Waals surface area contributed by atoms with Crippen LogP contribution in [0.25, 0.3) is 0 Å². The van der Waals surface area contributed by atoms with Gasteiger partial charge in [0.1, 0.15) is 19.0 Å². The first-order valence-electron chi connectivity index (χ1n) is 7.66. The van der Waals surface area contributed by atoms with Crippen molar-refractivity contribution in [3.63, 3.8) is 0 Å². The van der Waals surface area contributed by atoms with Crippen molar-refractivity contribution in [3.05, 3.63) is 53.2 Å². The van der Waals surface area contributed by atoms with Gasteiger partial charge in [0, 0.05) is 12.3 Å². The first kappa shape index (κ1) is 16.3. The Kier molecular flexibility index (Phi) is 5.07. The summed E-state index contributed by atoms with van der Waals surface area (Å²) in [6, 6.07) is 10.1. The van der Waals surface area contributed by atoms with E-state index in [4.69, 9.17) is 9.47 Å². The predicted molar refractivity (Wildman–Crippen MR) is 89.8 cm³/mol. The molecule has 0 aliphatic heterocycles. The second kappa shape index (κ2) is 6.82. The van der Waals surface area contributed by atoms with Gasteiger partial charge in [0.15, 0.2) is 0 Å². The van der Waals surface area contributed by atoms with Crippen LogP contribution in [0.2, 0.25) is 0 Å². The quantitative estimate of drug-likeness (QED) is 0.764. The lowest BCUT2D eigenvalue weighted by atomic mass is 9.88. The molecule has 0 radical (unpaired) electrons. The van der Waals surface area contributed by atoms with Gasteiger partial charge in [-0.05, 0) is 36.0 Å². The highest BCUT2D eigenvalue weighted by Gasteiger charge is 2.13. The zero-order valence-electron chi connectivity index (χ0n) is 14.1. The third kappa shape index (κ3) is 4.23. The summed E-state index contributed by atoms with van der Waals surface area (Å²) in [7, 11) is 0. The molecule has 2 rings (SSSR count). The third-order valence-corrected chi connectivity index (χ3v) is 3.59. The van der Waals surface area contributed by atoms with Gasteiger partial charge in [-0.2, -0.15) is 0 Å². The lowest BCUT2D eigenvalue weighted by molar-refractivity contribution is 0.210. The molecule has 0 fully saturated rings. The van der Waals surface area contributed by atoms with E-state index in [-0.39, 0.29) is 5.41 Å². The molecule has 1 heterocycles. The maximum Gasteiger partial charge on any atom is 0.213 e. The number of hydrogen-bond donors (Lipinski definition) is 0. The number of benzene rings is 1. The summed E-state index contributed by atoms with van der Waals surface area (Å²) >= 11 is 0. The molecule has 0 amide bonds. The molecular formula is C19H25NO2. The lowest BCUT2D eigenvalue weighted by Gasteiger charge is -2.18. The second-order valence-electron chi connectivity index (χ2n) is 6.55. The van der Waals surface area contributed by atoms with Crippen molar-refractivity contribution in [3.8, 4) is 11.6 Å². The predicted octanol–water partition coefficient (Wildman–Crippen LogP) is 4.45. The van der Waals surface area contributed by atoms with E-state index in [0.29, 0.717) is 19.1 Å². The van der Waals surface area contributed by atoms with Gasteiger partial charge in [0.05, 0.1) is 0 Å². The molecule has 0 saturated heterocycles. The highest BCUT2D eigenvalue weighted by Crippen LogP contribution is 2.23. The van der Waals surface area contributed by atoms with Gasteiger partial charge < -0.3 is 9.47 Å². The Morgan fingerprint density at radius 2 is 1.55 bits per heavy atom. The van der Waals surface area contributed by atoms with Crippen molar-refractivity contribution in [1.29, 1.82) is 0 Å². The SMILES string of the molecule is Cc1cccc(C)c1OCCOc1ccc(C(C)(C)C)cn1. The number of aryl methyl sites for hydroxylation is 2. The number of para-hydroxylation sites is 1. The Hall–Kier alpha value is -2.03. The Labute approximate surface area is 133 Å². The van der Waals surface area contributed by atoms with Gasteiger partial charge in [0.2, 0.25) is 5.88 Å². The monoisotopic (exact) mass is 299 g/mol. The summed E-state index contributed by atoms with van der Waals surface area (Å²) < 4.78 is 11.5. The zero-order chi connectivity index (χ0) is 16.2. The fourth-order valence-corrected chi connectivity index (χ4v) is 2.23. The Morgan fingerprint density at radius 3 is 2.09 bits per heavy atom. The molecule has 0 saturated carbocycles. The summed E-state index contributed by atoms with van der Waals surface area (Å²) in [6.45, 7) is 11.6. The molecule has 2 aromatic rings. The number of pyridine rings is 1. The number of rotatable bonds is 5. The molecule has 22 heavy (non-hydrogen) atoms. The highest BCUT2D eigenvalue weighted by molar-refractivity contribution is 5.39. The van der Waals surface area contributed by atoms with Gasteiger partial charge >= 0.3 is 0 Å². The third-order valence-electron chi connectivity index (χ3n) is 3.59. The molecule has 0 N–H and O–H groups in total. The minimum Gasteiger partial charge on any atom is -0.489 e. The molecule has 0 bridgehead atoms. The maximum atomic E-state index is 5.81. The number of nitrogens with zero attached hydrogens (tertiary/aromatic N) is 1. The van der Waals surface area contributed by atoms with E-state index < -0.39 is 0 Å². The van der Waals surface area contributed by atoms with Gasteiger partial charge in [-0.3, -0.25) is 0 Å². The molecule has 1 aromatic heterocycles. The van der Waals surface area contributed by atoms with Crippen LogP contribution in [-0.2, 0) is 5.41 Å². The molecule has 0 atom stereocenters. The molecule has 0 aliphatic rings. The van der Waals surface area contributed by atoms with E-state index in [1.165, 1.54) is 5.56 Å². The molecule has 1 aromatic carbocycles. The smallest absolute Gasteiger partial charge is 0.213 e. The van der Waals surface area contributed by atoms with Crippen molar-refractivity contribution in [1.82, 2.24) is 4.98 Å². The molecule has 3 nitrogen and oxygen atoms in total. The lowest BCUT2D eigenvalue weighted by Crippen LogP contribution is -2.13. The van der Waals surface area contributed by atoms with Gasteiger partial charge in [0.25, 0.3) is 0 Å². The summed E-state index contributed by atoms with van der Waals surface area (Å²) in [5, 5.41) is 0. The van der Waals surface area contributed by atoms with Crippen LogP contribution in [0.4, 0.5) is 0 Å². The normalized spacial score (nSPS) is 11.3. The Balaban J connectivity index is 1.84. The van der Waals surface area contributed by atoms with Crippen LogP contribution in [-0.4, -0.2) is 18.2 Å². The maximum absolute atomic E-state index is 5.81. The molecule has 118 valence electrons. The first-order valence-corrected chi connectivity index (χ1v) is 7.66. The van der Waals surface area contributed by atoms with Crippen LogP contribution < -0.4 is 9.47 Å². The van der Waals surface area contributed by atoms with Crippen molar-refractivity contribution in [2.45, 2.75) is 40.0 Å². The largest absolute Gasteiger partial charge is 0.489 e. The van der Waals surface area contributed by atoms with Gasteiger partial charge in [-0.15, -0.1) is 0 Å². The average Bonchev–Trinajstić information content (AvgIpc) is 2.45. The Morgan fingerprint density at radius 1 is 0.909 bits per heavy atom. The zero-order valence-corrected chi connectivity index (χ0v) is 14.1. The van der Waals surface area contributed by atoms with Gasteiger partial charge in [-0.25, -0.2) is 4.98 Å². The standard InChI is InChI=1S/C19H25NO2/c1-14-7-6-8-15(2)18(14)22-12-11-21-17-10-9-16(13-20-17)19(3,4)5/h6-10,13H,11-12H2,1-5H3. The minimum atomic E-state index is 0.108. The van der Waals surface area contributed by atoms with E-state index in [9.17, 15) is 0 Å². The number of aromatic nitrogens is 1. The summed E-state index contributed by atoms with van der Waals surface area (Å²) in [5.74, 6) is 1.58. The summed E-state index contributed by atoms with van der Waals surface area (Å²) in [5.41, 5.74) is 3.60. The van der Waals surface area contributed by atoms with Crippen LogP contribution in [0.1, 0.15) is 37.5 Å². The van der Waals surface area contributed by atoms with Crippen LogP contribution in [0.5, 0.6) is 11.6 Å². The fourth-order valence-electron chi connectivity index (χ4n) is 2.23. The van der Waals surface area contributed by atoms with Crippen molar-refractivity contribution in [2.75, 3.05) is 13.2 Å². The van der Waals surface area contributed by atoms with E-state index >= 15 is 0 Å². The van der Waals surface area contributed by atoms with Crippen molar-refractivity contribution < 1.29 is 9.47 Å². The highest BCUT2D eigenvalue weighted by atomic mass is 16.5. The first-order chi connectivity index (χ1) is 10.4. The molecular weight excluding hydrogens is 274 g/mol. The second-order valence-corrected chi connectivity index (χ2v) is 6.55. The fraction of sp³-hybridized carbons (Fsp3) is 0.421. The minimum absolute atomic E-state index is 0.108. The number of hydrogen-bond acceptors (Lipinski definition) is 3. The van der Waals surface area contributed by atoms with E-state index in [2.05, 4.69) is 57.8 Å². The molecule has 0 aliphatic carbocycles. The summed E-state index contributed by atoms with van der Waals surface area (Å²) in [6.07, 6.45) is 1.88. The van der Waals surface area contributed by atoms with E-state index in [1.54, 1.807) is 0 Å². The molecule has 0 unspecified atom stereocenters. The van der Waals surface area contributed by atoms with E-state index in [1.807, 2.05) is 18.3 Å².